The van der Waals surface area contributed by atoms with Gasteiger partial charge in [-0.05, 0) is 41.9 Å². The lowest BCUT2D eigenvalue weighted by Gasteiger charge is -2.36. The highest BCUT2D eigenvalue weighted by Gasteiger charge is 2.38. The van der Waals surface area contributed by atoms with Crippen molar-refractivity contribution in [3.8, 4) is 17.2 Å². The van der Waals surface area contributed by atoms with Crippen LogP contribution in [-0.4, -0.2) is 27.6 Å². The number of ether oxygens (including phenoxy) is 2. The van der Waals surface area contributed by atoms with Gasteiger partial charge in [0.05, 0.1) is 14.2 Å². The zero-order chi connectivity index (χ0) is 19.5. The van der Waals surface area contributed by atoms with Crippen molar-refractivity contribution in [1.82, 2.24) is 0 Å². The van der Waals surface area contributed by atoms with Gasteiger partial charge in [-0.15, -0.1) is 0 Å². The molecule has 0 aliphatic rings. The van der Waals surface area contributed by atoms with E-state index in [9.17, 15) is 5.11 Å². The maximum absolute atomic E-state index is 10.8. The summed E-state index contributed by atoms with van der Waals surface area (Å²) >= 11 is 0. The number of hydrogen-bond donors (Lipinski definition) is 1. The summed E-state index contributed by atoms with van der Waals surface area (Å²) in [7, 11) is 1.28. The minimum absolute atomic E-state index is 0.138. The molecule has 0 saturated heterocycles. The Morgan fingerprint density at radius 3 is 2.04 bits per heavy atom. The summed E-state index contributed by atoms with van der Waals surface area (Å²) in [5.74, 6) is 1.98. The fourth-order valence-corrected chi connectivity index (χ4v) is 3.50. The Hall–Kier alpha value is -1.98. The van der Waals surface area contributed by atoms with E-state index in [1.807, 2.05) is 42.5 Å². The maximum Gasteiger partial charge on any atom is 0.250 e. The van der Waals surface area contributed by atoms with Crippen LogP contribution in [0.5, 0.6) is 17.2 Å². The van der Waals surface area contributed by atoms with Crippen molar-refractivity contribution >= 4 is 8.32 Å². The minimum Gasteiger partial charge on any atom is -0.544 e. The summed E-state index contributed by atoms with van der Waals surface area (Å²) in [6.07, 6.45) is -0.804. The van der Waals surface area contributed by atoms with Gasteiger partial charge in [-0.1, -0.05) is 45.0 Å². The molecule has 0 aromatic heterocycles. The van der Waals surface area contributed by atoms with Crippen LogP contribution < -0.4 is 13.9 Å². The smallest absolute Gasteiger partial charge is 0.250 e. The van der Waals surface area contributed by atoms with E-state index in [1.54, 1.807) is 14.2 Å². The predicted molar refractivity (Wildman–Crippen MR) is 108 cm³/mol. The Balaban J connectivity index is 2.26. The zero-order valence-electron chi connectivity index (χ0n) is 16.8. The van der Waals surface area contributed by atoms with Gasteiger partial charge in [0, 0.05) is 5.56 Å². The molecule has 0 bridgehead atoms. The van der Waals surface area contributed by atoms with Gasteiger partial charge >= 0.3 is 0 Å². The summed E-state index contributed by atoms with van der Waals surface area (Å²) in [4.78, 5) is 0. The lowest BCUT2D eigenvalue weighted by molar-refractivity contribution is 0.213. The lowest BCUT2D eigenvalue weighted by Crippen LogP contribution is -2.43. The van der Waals surface area contributed by atoms with Crippen LogP contribution in [0.15, 0.2) is 42.5 Å². The van der Waals surface area contributed by atoms with Crippen molar-refractivity contribution in [3.05, 3.63) is 53.6 Å². The first kappa shape index (κ1) is 20.3. The number of benzene rings is 2. The molecule has 2 rings (SSSR count). The third-order valence-electron chi connectivity index (χ3n) is 5.10. The molecule has 0 spiro atoms. The Labute approximate surface area is 157 Å². The zero-order valence-corrected chi connectivity index (χ0v) is 17.8. The van der Waals surface area contributed by atoms with Gasteiger partial charge in [0.25, 0.3) is 0 Å². The van der Waals surface area contributed by atoms with Gasteiger partial charge in [0.1, 0.15) is 11.9 Å². The third kappa shape index (κ3) is 4.22. The largest absolute Gasteiger partial charge is 0.544 e. The number of methoxy groups -OCH3 is 2. The molecule has 0 heterocycles. The molecule has 1 unspecified atom stereocenters. The molecule has 0 amide bonds. The van der Waals surface area contributed by atoms with Crippen LogP contribution in [0.2, 0.25) is 18.1 Å². The molecule has 26 heavy (non-hydrogen) atoms. The summed E-state index contributed by atoms with van der Waals surface area (Å²) < 4.78 is 17.1. The third-order valence-corrected chi connectivity index (χ3v) is 9.46. The van der Waals surface area contributed by atoms with Gasteiger partial charge in [-0.3, -0.25) is 0 Å². The molecular formula is C21H30O4Si. The van der Waals surface area contributed by atoms with E-state index in [2.05, 4.69) is 33.9 Å². The fraction of sp³-hybridized carbons (Fsp3) is 0.429. The summed E-state index contributed by atoms with van der Waals surface area (Å²) in [6.45, 7) is 11.1. The standard InChI is InChI=1S/C21H30O4Si/c1-21(2,3)26(6,7)25-16-13-11-15(12-14-16)19(22)17-9-8-10-18(23-4)20(17)24-5/h8-14,19,22H,1-7H3. The van der Waals surface area contributed by atoms with Crippen LogP contribution in [0, 0.1) is 0 Å². The average Bonchev–Trinajstić information content (AvgIpc) is 2.59. The lowest BCUT2D eigenvalue weighted by atomic mass is 10.00. The van der Waals surface area contributed by atoms with Crippen LogP contribution in [0.25, 0.3) is 0 Å². The molecule has 2 aromatic carbocycles. The van der Waals surface area contributed by atoms with Crippen LogP contribution in [0.4, 0.5) is 0 Å². The van der Waals surface area contributed by atoms with Crippen LogP contribution in [0.3, 0.4) is 0 Å². The van der Waals surface area contributed by atoms with Crippen molar-refractivity contribution in [2.24, 2.45) is 0 Å². The molecule has 2 aromatic rings. The monoisotopic (exact) mass is 374 g/mol. The van der Waals surface area contributed by atoms with Gasteiger partial charge < -0.3 is 19.0 Å². The fourth-order valence-electron chi connectivity index (χ4n) is 2.47. The molecular weight excluding hydrogens is 344 g/mol. The predicted octanol–water partition coefficient (Wildman–Crippen LogP) is 5.17. The first-order chi connectivity index (χ1) is 12.1. The molecule has 0 aliphatic carbocycles. The van der Waals surface area contributed by atoms with Gasteiger partial charge in [0.15, 0.2) is 11.5 Å². The summed E-state index contributed by atoms with van der Waals surface area (Å²) in [5.41, 5.74) is 1.45. The number of para-hydroxylation sites is 1. The van der Waals surface area contributed by atoms with Crippen LogP contribution in [0.1, 0.15) is 38.0 Å². The molecule has 0 saturated carbocycles. The highest BCUT2D eigenvalue weighted by Crippen LogP contribution is 2.39. The quantitative estimate of drug-likeness (QED) is 0.709. The van der Waals surface area contributed by atoms with E-state index in [-0.39, 0.29) is 5.04 Å². The highest BCUT2D eigenvalue weighted by molar-refractivity contribution is 6.74. The van der Waals surface area contributed by atoms with Crippen molar-refractivity contribution in [3.63, 3.8) is 0 Å². The average molecular weight is 375 g/mol. The van der Waals surface area contributed by atoms with E-state index in [0.717, 1.165) is 11.3 Å². The molecule has 142 valence electrons. The normalized spacial score (nSPS) is 13.2. The molecule has 0 fully saturated rings. The summed E-state index contributed by atoms with van der Waals surface area (Å²) in [5, 5.41) is 10.9. The number of aliphatic hydroxyl groups excluding tert-OH is 1. The Morgan fingerprint density at radius 2 is 1.54 bits per heavy atom. The second kappa shape index (κ2) is 7.72. The topological polar surface area (TPSA) is 47.9 Å². The van der Waals surface area contributed by atoms with E-state index < -0.39 is 14.4 Å². The van der Waals surface area contributed by atoms with Gasteiger partial charge in [-0.2, -0.15) is 0 Å². The second-order valence-electron chi connectivity index (χ2n) is 7.92. The van der Waals surface area contributed by atoms with Gasteiger partial charge in [0.2, 0.25) is 8.32 Å². The second-order valence-corrected chi connectivity index (χ2v) is 12.6. The Bertz CT molecular complexity index is 733. The first-order valence-electron chi connectivity index (χ1n) is 8.78. The van der Waals surface area contributed by atoms with E-state index >= 15 is 0 Å². The van der Waals surface area contributed by atoms with Crippen molar-refractivity contribution < 1.29 is 19.0 Å². The van der Waals surface area contributed by atoms with Crippen LogP contribution in [-0.2, 0) is 0 Å². The van der Waals surface area contributed by atoms with Crippen molar-refractivity contribution in [2.75, 3.05) is 14.2 Å². The Kier molecular flexibility index (Phi) is 6.04. The number of hydrogen-bond acceptors (Lipinski definition) is 4. The van der Waals surface area contributed by atoms with Crippen molar-refractivity contribution in [2.45, 2.75) is 45.0 Å². The van der Waals surface area contributed by atoms with Gasteiger partial charge in [-0.25, -0.2) is 0 Å². The Morgan fingerprint density at radius 1 is 0.923 bits per heavy atom. The molecule has 1 N–H and O–H groups in total. The first-order valence-corrected chi connectivity index (χ1v) is 11.7. The summed E-state index contributed by atoms with van der Waals surface area (Å²) in [6, 6.07) is 13.1. The molecule has 0 radical (unpaired) electrons. The molecule has 5 heteroatoms. The van der Waals surface area contributed by atoms with Crippen LogP contribution >= 0.6 is 0 Å². The van der Waals surface area contributed by atoms with E-state index in [0.29, 0.717) is 17.1 Å². The van der Waals surface area contributed by atoms with Crippen molar-refractivity contribution in [1.29, 1.82) is 0 Å². The molecule has 4 nitrogen and oxygen atoms in total. The minimum atomic E-state index is -1.88. The van der Waals surface area contributed by atoms with E-state index in [1.165, 1.54) is 0 Å². The number of aliphatic hydroxyl groups is 1. The molecule has 1 atom stereocenters. The highest BCUT2D eigenvalue weighted by atomic mass is 28.4. The van der Waals surface area contributed by atoms with E-state index in [4.69, 9.17) is 13.9 Å². The SMILES string of the molecule is COc1cccc(C(O)c2ccc(O[Si](C)(C)C(C)(C)C)cc2)c1OC. The molecule has 0 aliphatic heterocycles. The number of rotatable bonds is 6. The maximum atomic E-state index is 10.8.